The Kier molecular flexibility index (Phi) is 2.32. The van der Waals surface area contributed by atoms with Crippen molar-refractivity contribution in [3.05, 3.63) is 0 Å². The van der Waals surface area contributed by atoms with Gasteiger partial charge in [0.25, 0.3) is 5.12 Å². The largest absolute Gasteiger partial charge is 0.388 e. The van der Waals surface area contributed by atoms with Crippen LogP contribution >= 0.6 is 11.8 Å². The van der Waals surface area contributed by atoms with Crippen LogP contribution in [0.15, 0.2) is 0 Å². The van der Waals surface area contributed by atoms with E-state index in [0.717, 1.165) is 11.8 Å². The third-order valence-electron chi connectivity index (χ3n) is 3.18. The monoisotopic (exact) mass is 259 g/mol. The molecular weight excluding hydrogens is 246 g/mol. The Balaban J connectivity index is 1.92. The number of nitrogens with zero attached hydrogens (tertiary/aromatic N) is 1. The lowest BCUT2D eigenvalue weighted by Gasteiger charge is -2.37. The number of carbonyl (C=O) groups excluding carboxylic acids is 2. The topological polar surface area (TPSA) is 76.1 Å². The van der Waals surface area contributed by atoms with Gasteiger partial charge < -0.3 is 19.5 Å². The van der Waals surface area contributed by atoms with Crippen LogP contribution in [0.25, 0.3) is 0 Å². The zero-order chi connectivity index (χ0) is 12.4. The van der Waals surface area contributed by atoms with Crippen molar-refractivity contribution in [2.75, 3.05) is 6.54 Å². The summed E-state index contributed by atoms with van der Waals surface area (Å²) in [6.07, 6.45) is -1.74. The molecule has 0 radical (unpaired) electrons. The summed E-state index contributed by atoms with van der Waals surface area (Å²) >= 11 is 0.958. The average Bonchev–Trinajstić information content (AvgIpc) is 2.69. The molecule has 0 bridgehead atoms. The highest BCUT2D eigenvalue weighted by molar-refractivity contribution is 8.16. The second-order valence-electron chi connectivity index (χ2n) is 4.89. The van der Waals surface area contributed by atoms with Gasteiger partial charge in [0.05, 0.1) is 6.54 Å². The van der Waals surface area contributed by atoms with Gasteiger partial charge in [-0.3, -0.25) is 9.59 Å². The smallest absolute Gasteiger partial charge is 0.302 e. The maximum Gasteiger partial charge on any atom is 0.302 e. The summed E-state index contributed by atoms with van der Waals surface area (Å²) in [5.74, 6) is -1.34. The molecule has 7 heteroatoms. The summed E-state index contributed by atoms with van der Waals surface area (Å²) in [7, 11) is 0. The normalized spacial score (nSPS) is 43.8. The van der Waals surface area contributed by atoms with E-state index in [0.29, 0.717) is 0 Å². The number of carbonyl (C=O) groups is 2. The molecule has 17 heavy (non-hydrogen) atoms. The molecule has 6 nitrogen and oxygen atoms in total. The quantitative estimate of drug-likeness (QED) is 0.580. The highest BCUT2D eigenvalue weighted by atomic mass is 32.2. The fourth-order valence-corrected chi connectivity index (χ4v) is 3.62. The number of fused-ring (bicyclic) bond motifs is 3. The summed E-state index contributed by atoms with van der Waals surface area (Å²) in [5, 5.41) is 9.08. The fraction of sp³-hybridized carbons (Fsp3) is 0.800. The predicted octanol–water partition coefficient (Wildman–Crippen LogP) is -0.691. The third kappa shape index (κ3) is 1.61. The molecule has 3 heterocycles. The van der Waals surface area contributed by atoms with Crippen molar-refractivity contribution in [3.63, 3.8) is 0 Å². The molecule has 0 aliphatic carbocycles. The summed E-state index contributed by atoms with van der Waals surface area (Å²) in [4.78, 5) is 24.4. The van der Waals surface area contributed by atoms with Crippen LogP contribution in [0, 0.1) is 0 Å². The van der Waals surface area contributed by atoms with Crippen LogP contribution in [0.5, 0.6) is 0 Å². The zero-order valence-corrected chi connectivity index (χ0v) is 10.3. The lowest BCUT2D eigenvalue weighted by Crippen LogP contribution is -2.58. The fourth-order valence-electron chi connectivity index (χ4n) is 2.53. The molecule has 3 fully saturated rings. The van der Waals surface area contributed by atoms with E-state index in [1.807, 2.05) is 0 Å². The summed E-state index contributed by atoms with van der Waals surface area (Å²) in [5.41, 5.74) is 0. The molecule has 3 saturated heterocycles. The van der Waals surface area contributed by atoms with E-state index in [9.17, 15) is 14.7 Å². The molecule has 0 aromatic rings. The molecule has 0 saturated carbocycles. The van der Waals surface area contributed by atoms with Crippen molar-refractivity contribution in [2.45, 2.75) is 43.3 Å². The minimum atomic E-state index is -0.812. The number of hydrogen-bond acceptors (Lipinski definition) is 6. The van der Waals surface area contributed by atoms with E-state index in [2.05, 4.69) is 0 Å². The van der Waals surface area contributed by atoms with Gasteiger partial charge >= 0.3 is 5.91 Å². The van der Waals surface area contributed by atoms with Gasteiger partial charge in [0, 0.05) is 0 Å². The molecule has 3 aliphatic heterocycles. The molecule has 1 amide bonds. The van der Waals surface area contributed by atoms with E-state index in [4.69, 9.17) is 9.47 Å². The number of aliphatic hydroxyl groups excluding tert-OH is 1. The van der Waals surface area contributed by atoms with E-state index in [1.54, 1.807) is 13.8 Å². The molecule has 4 atom stereocenters. The van der Waals surface area contributed by atoms with E-state index >= 15 is 0 Å². The Labute approximate surface area is 102 Å². The first-order valence-electron chi connectivity index (χ1n) is 5.44. The number of hydrogen-bond donors (Lipinski definition) is 1. The van der Waals surface area contributed by atoms with Crippen molar-refractivity contribution in [3.8, 4) is 0 Å². The SMILES string of the molecule is CC1(C)O[C@@H]2[C@H](O1)[C@H](O)CN1C(=O)C(=O)S[C@H]21. The standard InChI is InChI=1S/C10H13NO5S/c1-10(2)15-5-4(12)3-11-7(13)9(14)17-8(11)6(5)16-10/h4-6,8,12H,3H2,1-2H3/t4-,5-,6-,8-/m1/s1. The van der Waals surface area contributed by atoms with E-state index < -0.39 is 35.1 Å². The Morgan fingerprint density at radius 3 is 2.71 bits per heavy atom. The molecule has 0 spiro atoms. The van der Waals surface area contributed by atoms with Gasteiger partial charge in [-0.25, -0.2) is 0 Å². The second-order valence-corrected chi connectivity index (χ2v) is 5.97. The van der Waals surface area contributed by atoms with Gasteiger partial charge in [-0.05, 0) is 25.6 Å². The van der Waals surface area contributed by atoms with Gasteiger partial charge in [0.15, 0.2) is 5.79 Å². The maximum atomic E-state index is 11.6. The summed E-state index contributed by atoms with van der Waals surface area (Å²) in [6.45, 7) is 3.64. The first-order chi connectivity index (χ1) is 7.89. The zero-order valence-electron chi connectivity index (χ0n) is 9.45. The van der Waals surface area contributed by atoms with Gasteiger partial charge in [0.1, 0.15) is 23.7 Å². The molecule has 0 aromatic heterocycles. The highest BCUT2D eigenvalue weighted by Gasteiger charge is 2.58. The average molecular weight is 259 g/mol. The van der Waals surface area contributed by atoms with Crippen LogP contribution in [-0.2, 0) is 19.1 Å². The maximum absolute atomic E-state index is 11.6. The first kappa shape index (κ1) is 11.5. The van der Waals surface area contributed by atoms with Crippen molar-refractivity contribution in [1.82, 2.24) is 4.90 Å². The van der Waals surface area contributed by atoms with Gasteiger partial charge in [-0.15, -0.1) is 0 Å². The van der Waals surface area contributed by atoms with Gasteiger partial charge in [0.2, 0.25) is 0 Å². The second kappa shape index (κ2) is 3.44. The Morgan fingerprint density at radius 1 is 1.35 bits per heavy atom. The van der Waals surface area contributed by atoms with Crippen molar-refractivity contribution < 1.29 is 24.2 Å². The van der Waals surface area contributed by atoms with Crippen molar-refractivity contribution in [1.29, 1.82) is 0 Å². The van der Waals surface area contributed by atoms with Crippen LogP contribution in [0.1, 0.15) is 13.8 Å². The van der Waals surface area contributed by atoms with E-state index in [1.165, 1.54) is 4.90 Å². The van der Waals surface area contributed by atoms with Crippen molar-refractivity contribution >= 4 is 22.8 Å². The lowest BCUT2D eigenvalue weighted by atomic mass is 10.0. The molecule has 0 aromatic carbocycles. The number of aliphatic hydroxyl groups is 1. The van der Waals surface area contributed by atoms with Crippen LogP contribution in [0.3, 0.4) is 0 Å². The molecular formula is C10H13NO5S. The minimum Gasteiger partial charge on any atom is -0.388 e. The predicted molar refractivity (Wildman–Crippen MR) is 57.9 cm³/mol. The number of ether oxygens (including phenoxy) is 2. The lowest BCUT2D eigenvalue weighted by molar-refractivity contribution is -0.152. The van der Waals surface area contributed by atoms with Crippen LogP contribution in [0.2, 0.25) is 0 Å². The Hall–Kier alpha value is -0.630. The summed E-state index contributed by atoms with van der Waals surface area (Å²) in [6, 6.07) is 0. The molecule has 0 unspecified atom stereocenters. The molecule has 3 rings (SSSR count). The third-order valence-corrected chi connectivity index (χ3v) is 4.33. The highest BCUT2D eigenvalue weighted by Crippen LogP contribution is 2.43. The molecule has 1 N–H and O–H groups in total. The van der Waals surface area contributed by atoms with Crippen molar-refractivity contribution in [2.24, 2.45) is 0 Å². The van der Waals surface area contributed by atoms with Crippen LogP contribution in [-0.4, -0.2) is 57.0 Å². The van der Waals surface area contributed by atoms with Gasteiger partial charge in [-0.1, -0.05) is 0 Å². The molecule has 94 valence electrons. The van der Waals surface area contributed by atoms with Crippen LogP contribution < -0.4 is 0 Å². The number of piperidine rings is 1. The Bertz CT molecular complexity index is 398. The first-order valence-corrected chi connectivity index (χ1v) is 6.32. The molecule has 3 aliphatic rings. The minimum absolute atomic E-state index is 0.128. The summed E-state index contributed by atoms with van der Waals surface area (Å²) < 4.78 is 11.3. The van der Waals surface area contributed by atoms with Gasteiger partial charge in [-0.2, -0.15) is 0 Å². The van der Waals surface area contributed by atoms with E-state index in [-0.39, 0.29) is 11.9 Å². The number of amides is 1. The van der Waals surface area contributed by atoms with Crippen LogP contribution in [0.4, 0.5) is 0 Å². The Morgan fingerprint density at radius 2 is 2.00 bits per heavy atom. The number of rotatable bonds is 0. The number of thioether (sulfide) groups is 1.